The molecular weight excluding hydrogens is 112 g/mol. The Bertz CT molecular complexity index is 115. The van der Waals surface area contributed by atoms with Gasteiger partial charge < -0.3 is 4.74 Å². The van der Waals surface area contributed by atoms with E-state index in [4.69, 9.17) is 11.2 Å². The number of rotatable bonds is 0. The van der Waals surface area contributed by atoms with Crippen molar-refractivity contribution < 1.29 is 4.74 Å². The average Bonchev–Trinajstić information content (AvgIpc) is 1.90. The zero-order valence-electron chi connectivity index (χ0n) is 5.76. The molecule has 1 nitrogen and oxygen atoms in total. The van der Waals surface area contributed by atoms with Crippen LogP contribution in [-0.4, -0.2) is 12.7 Å². The van der Waals surface area contributed by atoms with Crippen LogP contribution in [0, 0.1) is 18.3 Å². The molecule has 0 saturated carbocycles. The first-order valence-corrected chi connectivity index (χ1v) is 3.40. The van der Waals surface area contributed by atoms with E-state index in [9.17, 15) is 0 Å². The fourth-order valence-corrected chi connectivity index (χ4v) is 1.01. The van der Waals surface area contributed by atoms with E-state index < -0.39 is 0 Å². The third-order valence-electron chi connectivity index (χ3n) is 1.69. The molecule has 1 aliphatic rings. The van der Waals surface area contributed by atoms with Crippen LogP contribution in [0.4, 0.5) is 0 Å². The van der Waals surface area contributed by atoms with E-state index >= 15 is 0 Å². The van der Waals surface area contributed by atoms with Gasteiger partial charge in [0.1, 0.15) is 6.10 Å². The van der Waals surface area contributed by atoms with Crippen molar-refractivity contribution >= 4 is 0 Å². The Balaban J connectivity index is 2.28. The van der Waals surface area contributed by atoms with Gasteiger partial charge in [0, 0.05) is 0 Å². The van der Waals surface area contributed by atoms with Crippen molar-refractivity contribution in [3.05, 3.63) is 0 Å². The third kappa shape index (κ3) is 1.73. The molecule has 2 atom stereocenters. The zero-order valence-corrected chi connectivity index (χ0v) is 5.76. The smallest absolute Gasteiger partial charge is 0.117 e. The second-order valence-corrected chi connectivity index (χ2v) is 2.67. The molecule has 0 amide bonds. The van der Waals surface area contributed by atoms with Crippen molar-refractivity contribution in [1.29, 1.82) is 0 Å². The predicted octanol–water partition coefficient (Wildman–Crippen LogP) is 1.43. The van der Waals surface area contributed by atoms with Crippen LogP contribution in [0.1, 0.15) is 19.8 Å². The second-order valence-electron chi connectivity index (χ2n) is 2.67. The summed E-state index contributed by atoms with van der Waals surface area (Å²) in [6, 6.07) is 0. The molecule has 0 N–H and O–H groups in total. The molecule has 1 saturated heterocycles. The van der Waals surface area contributed by atoms with Crippen LogP contribution in [0.3, 0.4) is 0 Å². The second kappa shape index (κ2) is 2.89. The normalized spacial score (nSPS) is 35.6. The van der Waals surface area contributed by atoms with E-state index in [2.05, 4.69) is 12.8 Å². The van der Waals surface area contributed by atoms with E-state index in [0.29, 0.717) is 5.92 Å². The summed E-state index contributed by atoms with van der Waals surface area (Å²) in [6.45, 7) is 3.03. The van der Waals surface area contributed by atoms with Gasteiger partial charge in [0.25, 0.3) is 0 Å². The van der Waals surface area contributed by atoms with Crippen LogP contribution in [0.5, 0.6) is 0 Å². The van der Waals surface area contributed by atoms with Crippen LogP contribution < -0.4 is 0 Å². The maximum Gasteiger partial charge on any atom is 0.117 e. The molecule has 0 aromatic carbocycles. The van der Waals surface area contributed by atoms with Gasteiger partial charge in [-0.2, -0.15) is 0 Å². The highest BCUT2D eigenvalue weighted by Crippen LogP contribution is 2.16. The van der Waals surface area contributed by atoms with Gasteiger partial charge in [-0.1, -0.05) is 12.8 Å². The summed E-state index contributed by atoms with van der Waals surface area (Å²) in [4.78, 5) is 0. The van der Waals surface area contributed by atoms with Crippen LogP contribution in [0.15, 0.2) is 0 Å². The Hall–Kier alpha value is -0.480. The lowest BCUT2D eigenvalue weighted by Crippen LogP contribution is -2.22. The highest BCUT2D eigenvalue weighted by atomic mass is 16.5. The first kappa shape index (κ1) is 6.64. The van der Waals surface area contributed by atoms with E-state index in [1.165, 1.54) is 6.42 Å². The Morgan fingerprint density at radius 1 is 1.56 bits per heavy atom. The van der Waals surface area contributed by atoms with Gasteiger partial charge in [-0.3, -0.25) is 0 Å². The van der Waals surface area contributed by atoms with Gasteiger partial charge >= 0.3 is 0 Å². The summed E-state index contributed by atoms with van der Waals surface area (Å²) < 4.78 is 5.30. The molecule has 9 heavy (non-hydrogen) atoms. The Labute approximate surface area is 56.4 Å². The van der Waals surface area contributed by atoms with Gasteiger partial charge in [-0.25, -0.2) is 0 Å². The molecule has 1 aliphatic heterocycles. The quantitative estimate of drug-likeness (QED) is 0.444. The minimum atomic E-state index is 0.0983. The van der Waals surface area contributed by atoms with E-state index in [0.717, 1.165) is 13.0 Å². The molecule has 0 radical (unpaired) electrons. The molecule has 0 aliphatic carbocycles. The molecule has 1 unspecified atom stereocenters. The molecule has 1 heterocycles. The summed E-state index contributed by atoms with van der Waals surface area (Å²) >= 11 is 0. The molecule has 1 fully saturated rings. The highest BCUT2D eigenvalue weighted by Gasteiger charge is 2.15. The van der Waals surface area contributed by atoms with Crippen LogP contribution in [-0.2, 0) is 4.74 Å². The Kier molecular flexibility index (Phi) is 2.13. The van der Waals surface area contributed by atoms with Gasteiger partial charge in [-0.15, -0.1) is 6.42 Å². The highest BCUT2D eigenvalue weighted by molar-refractivity contribution is 4.95. The number of terminal acetylenes is 1. The predicted molar refractivity (Wildman–Crippen MR) is 37.0 cm³/mol. The topological polar surface area (TPSA) is 9.23 Å². The number of ether oxygens (including phenoxy) is 1. The maximum atomic E-state index is 5.30. The lowest BCUT2D eigenvalue weighted by molar-refractivity contribution is 0.0219. The van der Waals surface area contributed by atoms with Crippen molar-refractivity contribution in [2.24, 2.45) is 5.92 Å². The standard InChI is InChI=1S/C8H12O/c1-3-8-5-4-7(2)6-9-8/h1,7-8H,4-6H2,2H3/t7-,8?/m0/s1. The molecule has 0 bridgehead atoms. The lowest BCUT2D eigenvalue weighted by Gasteiger charge is -2.22. The largest absolute Gasteiger partial charge is 0.365 e. The van der Waals surface area contributed by atoms with Crippen LogP contribution in [0.2, 0.25) is 0 Å². The maximum absolute atomic E-state index is 5.30. The van der Waals surface area contributed by atoms with Crippen molar-refractivity contribution in [3.63, 3.8) is 0 Å². The summed E-state index contributed by atoms with van der Waals surface area (Å²) in [6.07, 6.45) is 7.53. The zero-order chi connectivity index (χ0) is 6.69. The molecule has 1 rings (SSSR count). The van der Waals surface area contributed by atoms with E-state index in [1.54, 1.807) is 0 Å². The first-order chi connectivity index (χ1) is 4.33. The van der Waals surface area contributed by atoms with Gasteiger partial charge in [0.15, 0.2) is 0 Å². The van der Waals surface area contributed by atoms with Crippen LogP contribution >= 0.6 is 0 Å². The molecular formula is C8H12O. The number of hydrogen-bond donors (Lipinski definition) is 0. The summed E-state index contributed by atoms with van der Waals surface area (Å²) in [5.41, 5.74) is 0. The van der Waals surface area contributed by atoms with Crippen LogP contribution in [0.25, 0.3) is 0 Å². The van der Waals surface area contributed by atoms with Gasteiger partial charge in [0.05, 0.1) is 6.61 Å². The minimum Gasteiger partial charge on any atom is -0.365 e. The van der Waals surface area contributed by atoms with E-state index in [1.807, 2.05) is 0 Å². The van der Waals surface area contributed by atoms with Crippen molar-refractivity contribution in [2.75, 3.05) is 6.61 Å². The summed E-state index contributed by atoms with van der Waals surface area (Å²) in [5, 5.41) is 0. The molecule has 0 spiro atoms. The monoisotopic (exact) mass is 124 g/mol. The van der Waals surface area contributed by atoms with Gasteiger partial charge in [-0.05, 0) is 18.8 Å². The molecule has 1 heteroatoms. The Morgan fingerprint density at radius 2 is 2.33 bits per heavy atom. The lowest BCUT2D eigenvalue weighted by atomic mass is 10.0. The van der Waals surface area contributed by atoms with E-state index in [-0.39, 0.29) is 6.10 Å². The molecule has 50 valence electrons. The summed E-state index contributed by atoms with van der Waals surface area (Å²) in [5.74, 6) is 3.31. The Morgan fingerprint density at radius 3 is 2.78 bits per heavy atom. The summed E-state index contributed by atoms with van der Waals surface area (Å²) in [7, 11) is 0. The SMILES string of the molecule is C#CC1CC[C@H](C)CO1. The third-order valence-corrected chi connectivity index (χ3v) is 1.69. The fraction of sp³-hybridized carbons (Fsp3) is 0.750. The van der Waals surface area contributed by atoms with Crippen molar-refractivity contribution in [3.8, 4) is 12.3 Å². The minimum absolute atomic E-state index is 0.0983. The number of hydrogen-bond acceptors (Lipinski definition) is 1. The fourth-order valence-electron chi connectivity index (χ4n) is 1.01. The molecule has 0 aromatic heterocycles. The molecule has 0 aromatic rings. The van der Waals surface area contributed by atoms with Gasteiger partial charge in [0.2, 0.25) is 0 Å². The first-order valence-electron chi connectivity index (χ1n) is 3.40. The van der Waals surface area contributed by atoms with Crippen molar-refractivity contribution in [2.45, 2.75) is 25.9 Å². The average molecular weight is 124 g/mol. The van der Waals surface area contributed by atoms with Crippen molar-refractivity contribution in [1.82, 2.24) is 0 Å².